The van der Waals surface area contributed by atoms with Gasteiger partial charge in [0.05, 0.1) is 56.6 Å². The molecule has 51 heavy (non-hydrogen) atoms. The van der Waals surface area contributed by atoms with Crippen LogP contribution in [0.5, 0.6) is 0 Å². The average molecular weight is 650 g/mol. The van der Waals surface area contributed by atoms with Crippen molar-refractivity contribution >= 4 is 65.6 Å². The molecule has 234 valence electrons. The first-order valence-electron chi connectivity index (χ1n) is 16.5. The van der Waals surface area contributed by atoms with Gasteiger partial charge in [-0.2, -0.15) is 15.8 Å². The van der Waals surface area contributed by atoms with E-state index in [-0.39, 0.29) is 0 Å². The van der Waals surface area contributed by atoms with E-state index >= 15 is 0 Å². The Balaban J connectivity index is 1.20. The van der Waals surface area contributed by atoms with Gasteiger partial charge in [-0.3, -0.25) is 0 Å². The molecule has 10 rings (SSSR count). The number of furan rings is 1. The Bertz CT molecular complexity index is 3190. The minimum absolute atomic E-state index is 0.371. The molecule has 0 bridgehead atoms. The van der Waals surface area contributed by atoms with E-state index in [4.69, 9.17) is 4.42 Å². The molecule has 0 aliphatic carbocycles. The smallest absolute Gasteiger partial charge is 0.160 e. The van der Waals surface area contributed by atoms with E-state index in [0.29, 0.717) is 33.5 Å². The van der Waals surface area contributed by atoms with Crippen LogP contribution in [0.2, 0.25) is 0 Å². The molecule has 6 heteroatoms. The third-order valence-corrected chi connectivity index (χ3v) is 10.0. The normalized spacial score (nSPS) is 11.5. The summed E-state index contributed by atoms with van der Waals surface area (Å²) in [5, 5.41) is 37.9. The van der Waals surface area contributed by atoms with Crippen LogP contribution in [-0.2, 0) is 0 Å². The van der Waals surface area contributed by atoms with Gasteiger partial charge in [0.1, 0.15) is 11.7 Å². The molecule has 0 amide bonds. The zero-order valence-corrected chi connectivity index (χ0v) is 26.9. The number of nitriles is 3. The van der Waals surface area contributed by atoms with Crippen molar-refractivity contribution in [1.82, 2.24) is 9.13 Å². The number of rotatable bonds is 3. The molecular weight excluding hydrogens is 627 g/mol. The van der Waals surface area contributed by atoms with Gasteiger partial charge in [0.2, 0.25) is 0 Å². The first-order valence-corrected chi connectivity index (χ1v) is 16.5. The lowest BCUT2D eigenvalue weighted by molar-refractivity contribution is 0.671. The number of nitrogens with zero attached hydrogens (tertiary/aromatic N) is 5. The lowest BCUT2D eigenvalue weighted by Crippen LogP contribution is -2.01. The molecule has 0 aliphatic rings. The van der Waals surface area contributed by atoms with Gasteiger partial charge in [0, 0.05) is 49.1 Å². The van der Waals surface area contributed by atoms with Crippen molar-refractivity contribution in [2.75, 3.05) is 0 Å². The molecule has 0 N–H and O–H groups in total. The molecule has 10 aromatic rings. The van der Waals surface area contributed by atoms with Crippen LogP contribution in [0, 0.1) is 34.0 Å². The van der Waals surface area contributed by atoms with Crippen molar-refractivity contribution in [2.45, 2.75) is 0 Å². The third-order valence-electron chi connectivity index (χ3n) is 10.0. The van der Waals surface area contributed by atoms with Crippen molar-refractivity contribution in [3.05, 3.63) is 156 Å². The van der Waals surface area contributed by atoms with Crippen LogP contribution in [-0.4, -0.2) is 9.13 Å². The van der Waals surface area contributed by atoms with E-state index in [1.807, 2.05) is 89.5 Å². The monoisotopic (exact) mass is 649 g/mol. The fraction of sp³-hybridized carbons (Fsp3) is 0. The molecule has 3 aromatic heterocycles. The first-order chi connectivity index (χ1) is 25.2. The Kier molecular flexibility index (Phi) is 5.97. The lowest BCUT2D eigenvalue weighted by atomic mass is 9.93. The van der Waals surface area contributed by atoms with Crippen molar-refractivity contribution in [1.29, 1.82) is 15.8 Å². The van der Waals surface area contributed by atoms with Crippen LogP contribution < -0.4 is 0 Å². The fourth-order valence-corrected chi connectivity index (χ4v) is 7.86. The van der Waals surface area contributed by atoms with E-state index in [1.54, 1.807) is 12.1 Å². The van der Waals surface area contributed by atoms with Gasteiger partial charge < -0.3 is 13.6 Å². The summed E-state index contributed by atoms with van der Waals surface area (Å²) in [5.41, 5.74) is 9.05. The summed E-state index contributed by atoms with van der Waals surface area (Å²) in [7, 11) is 0. The third kappa shape index (κ3) is 3.95. The van der Waals surface area contributed by atoms with Crippen LogP contribution >= 0.6 is 0 Å². The molecule has 0 unspecified atom stereocenters. The SMILES string of the molecule is N#Cc1cc(-n2c3ccccc3c3ccc4c5ccccc5oc4c32)ccc1-c1cc(C#N)c(-n2c3ccccc3c3ccccc32)cc1C#N. The summed E-state index contributed by atoms with van der Waals surface area (Å²) in [6.45, 7) is 0. The summed E-state index contributed by atoms with van der Waals surface area (Å²) < 4.78 is 10.7. The van der Waals surface area contributed by atoms with Gasteiger partial charge in [-0.25, -0.2) is 0 Å². The molecule has 7 aromatic carbocycles. The number of fused-ring (bicyclic) bond motifs is 10. The second-order valence-corrected chi connectivity index (χ2v) is 12.6. The number of hydrogen-bond acceptors (Lipinski definition) is 4. The standard InChI is InChI=1S/C45H23N5O/c46-24-27-21-30(49-39-13-5-3-11-34(39)36-19-20-37-35-12-4-8-16-43(35)51-45(37)44(36)49)17-18-31(27)38-22-29(26-48)42(23-28(38)25-47)50-40-14-6-1-9-32(40)33-10-2-7-15-41(33)50/h1-23H. The van der Waals surface area contributed by atoms with Crippen molar-refractivity contribution < 1.29 is 4.42 Å². The van der Waals surface area contributed by atoms with E-state index in [2.05, 4.69) is 65.2 Å². The number of para-hydroxylation sites is 4. The first kappa shape index (κ1) is 28.4. The van der Waals surface area contributed by atoms with Gasteiger partial charge in [-0.05, 0) is 54.6 Å². The second-order valence-electron chi connectivity index (χ2n) is 12.6. The molecule has 3 heterocycles. The highest BCUT2D eigenvalue weighted by Crippen LogP contribution is 2.41. The Hall–Kier alpha value is -7.59. The molecule has 0 saturated carbocycles. The highest BCUT2D eigenvalue weighted by molar-refractivity contribution is 6.21. The Labute approximate surface area is 291 Å². The maximum Gasteiger partial charge on any atom is 0.160 e. The maximum atomic E-state index is 10.6. The minimum atomic E-state index is 0.371. The molecule has 0 aliphatic heterocycles. The summed E-state index contributed by atoms with van der Waals surface area (Å²) >= 11 is 0. The molecule has 0 saturated heterocycles. The van der Waals surface area contributed by atoms with Gasteiger partial charge in [-0.1, -0.05) is 84.9 Å². The molecule has 0 fully saturated rings. The zero-order chi connectivity index (χ0) is 34.2. The van der Waals surface area contributed by atoms with E-state index in [9.17, 15) is 15.8 Å². The summed E-state index contributed by atoms with van der Waals surface area (Å²) in [6.07, 6.45) is 0. The molecule has 6 nitrogen and oxygen atoms in total. The van der Waals surface area contributed by atoms with Gasteiger partial charge in [0.15, 0.2) is 5.58 Å². The number of benzene rings is 7. The molecule has 0 atom stereocenters. The molecule has 0 radical (unpaired) electrons. The summed E-state index contributed by atoms with van der Waals surface area (Å²) in [6, 6.07) is 53.0. The van der Waals surface area contributed by atoms with Crippen LogP contribution in [0.15, 0.2) is 144 Å². The van der Waals surface area contributed by atoms with Crippen LogP contribution in [0.25, 0.3) is 88.1 Å². The van der Waals surface area contributed by atoms with Crippen molar-refractivity contribution in [3.8, 4) is 40.7 Å². The predicted molar refractivity (Wildman–Crippen MR) is 202 cm³/mol. The van der Waals surface area contributed by atoms with Crippen molar-refractivity contribution in [2.24, 2.45) is 0 Å². The lowest BCUT2D eigenvalue weighted by Gasteiger charge is -2.15. The quantitative estimate of drug-likeness (QED) is 0.190. The van der Waals surface area contributed by atoms with E-state index < -0.39 is 0 Å². The summed E-state index contributed by atoms with van der Waals surface area (Å²) in [5.74, 6) is 0. The largest absolute Gasteiger partial charge is 0.454 e. The topological polar surface area (TPSA) is 94.4 Å². The summed E-state index contributed by atoms with van der Waals surface area (Å²) in [4.78, 5) is 0. The highest BCUT2D eigenvalue weighted by Gasteiger charge is 2.22. The Morgan fingerprint density at radius 3 is 1.65 bits per heavy atom. The maximum absolute atomic E-state index is 10.6. The molecular formula is C45H23N5O. The van der Waals surface area contributed by atoms with Gasteiger partial charge in [0.25, 0.3) is 0 Å². The number of aromatic nitrogens is 2. The fourth-order valence-electron chi connectivity index (χ4n) is 7.86. The van der Waals surface area contributed by atoms with Crippen LogP contribution in [0.4, 0.5) is 0 Å². The molecule has 0 spiro atoms. The minimum Gasteiger partial charge on any atom is -0.454 e. The average Bonchev–Trinajstić information content (AvgIpc) is 3.85. The van der Waals surface area contributed by atoms with Crippen LogP contribution in [0.3, 0.4) is 0 Å². The van der Waals surface area contributed by atoms with E-state index in [1.165, 1.54) is 0 Å². The van der Waals surface area contributed by atoms with E-state index in [0.717, 1.165) is 71.2 Å². The number of hydrogen-bond donors (Lipinski definition) is 0. The Morgan fingerprint density at radius 2 is 0.980 bits per heavy atom. The second kappa shape index (κ2) is 10.7. The highest BCUT2D eigenvalue weighted by atomic mass is 16.3. The Morgan fingerprint density at radius 1 is 0.431 bits per heavy atom. The van der Waals surface area contributed by atoms with Gasteiger partial charge >= 0.3 is 0 Å². The van der Waals surface area contributed by atoms with Gasteiger partial charge in [-0.15, -0.1) is 0 Å². The zero-order valence-electron chi connectivity index (χ0n) is 26.9. The van der Waals surface area contributed by atoms with Crippen LogP contribution in [0.1, 0.15) is 16.7 Å². The van der Waals surface area contributed by atoms with Crippen molar-refractivity contribution in [3.63, 3.8) is 0 Å². The predicted octanol–water partition coefficient (Wildman–Crippen LogP) is 11.1.